The SMILES string of the molecule is CNC(=O)c1cc(NC(C(=O)O)c2cccs2)ccn1. The van der Waals surface area contributed by atoms with Crippen LogP contribution in [0.5, 0.6) is 0 Å². The number of nitrogens with zero attached hydrogens (tertiary/aromatic N) is 1. The summed E-state index contributed by atoms with van der Waals surface area (Å²) in [5.41, 5.74) is 0.757. The number of nitrogens with one attached hydrogen (secondary N) is 2. The first kappa shape index (κ1) is 14.0. The van der Waals surface area contributed by atoms with Crippen LogP contribution in [0.25, 0.3) is 0 Å². The number of carbonyl (C=O) groups is 2. The van der Waals surface area contributed by atoms with Gasteiger partial charge >= 0.3 is 5.97 Å². The van der Waals surface area contributed by atoms with Crippen molar-refractivity contribution in [2.24, 2.45) is 0 Å². The van der Waals surface area contributed by atoms with Crippen LogP contribution in [0.2, 0.25) is 0 Å². The number of carbonyl (C=O) groups excluding carboxylic acids is 1. The average molecular weight is 291 g/mol. The highest BCUT2D eigenvalue weighted by Crippen LogP contribution is 2.24. The molecule has 20 heavy (non-hydrogen) atoms. The molecular weight excluding hydrogens is 278 g/mol. The van der Waals surface area contributed by atoms with E-state index in [4.69, 9.17) is 0 Å². The second kappa shape index (κ2) is 6.16. The number of aliphatic carboxylic acids is 1. The lowest BCUT2D eigenvalue weighted by molar-refractivity contribution is -0.138. The normalized spacial score (nSPS) is 11.7. The molecule has 2 heterocycles. The van der Waals surface area contributed by atoms with E-state index < -0.39 is 12.0 Å². The van der Waals surface area contributed by atoms with Crippen LogP contribution in [0.3, 0.4) is 0 Å². The van der Waals surface area contributed by atoms with Crippen molar-refractivity contribution in [3.05, 3.63) is 46.4 Å². The third-order valence-electron chi connectivity index (χ3n) is 2.61. The van der Waals surface area contributed by atoms with Gasteiger partial charge in [-0.2, -0.15) is 0 Å². The molecule has 0 fully saturated rings. The molecule has 0 aliphatic rings. The zero-order chi connectivity index (χ0) is 14.5. The summed E-state index contributed by atoms with van der Waals surface area (Å²) in [4.78, 5) is 27.4. The Morgan fingerprint density at radius 2 is 2.20 bits per heavy atom. The molecular formula is C13H13N3O3S. The van der Waals surface area contributed by atoms with E-state index in [2.05, 4.69) is 15.6 Å². The van der Waals surface area contributed by atoms with Gasteiger partial charge in [-0.3, -0.25) is 9.78 Å². The molecule has 0 aliphatic carbocycles. The van der Waals surface area contributed by atoms with E-state index in [0.717, 1.165) is 0 Å². The van der Waals surface area contributed by atoms with Crippen molar-refractivity contribution >= 4 is 28.9 Å². The fraction of sp³-hybridized carbons (Fsp3) is 0.154. The molecule has 3 N–H and O–H groups in total. The van der Waals surface area contributed by atoms with Crippen LogP contribution in [-0.2, 0) is 4.79 Å². The van der Waals surface area contributed by atoms with E-state index in [1.807, 2.05) is 5.38 Å². The Bertz CT molecular complexity index is 613. The molecule has 0 radical (unpaired) electrons. The lowest BCUT2D eigenvalue weighted by Crippen LogP contribution is -2.21. The maximum Gasteiger partial charge on any atom is 0.331 e. The monoisotopic (exact) mass is 291 g/mol. The molecule has 2 aromatic rings. The Kier molecular flexibility index (Phi) is 4.31. The number of hydrogen-bond acceptors (Lipinski definition) is 5. The first-order valence-electron chi connectivity index (χ1n) is 5.82. The van der Waals surface area contributed by atoms with Crippen molar-refractivity contribution in [2.45, 2.75) is 6.04 Å². The van der Waals surface area contributed by atoms with Crippen molar-refractivity contribution < 1.29 is 14.7 Å². The van der Waals surface area contributed by atoms with Crippen molar-refractivity contribution in [3.8, 4) is 0 Å². The predicted octanol–water partition coefficient (Wildman–Crippen LogP) is 1.74. The van der Waals surface area contributed by atoms with Crippen molar-refractivity contribution in [1.29, 1.82) is 0 Å². The van der Waals surface area contributed by atoms with Crippen LogP contribution in [-0.4, -0.2) is 29.0 Å². The molecule has 6 nitrogen and oxygen atoms in total. The van der Waals surface area contributed by atoms with Gasteiger partial charge in [0.05, 0.1) is 0 Å². The van der Waals surface area contributed by atoms with Crippen LogP contribution in [0.1, 0.15) is 21.4 Å². The number of carboxylic acids is 1. The van der Waals surface area contributed by atoms with Crippen molar-refractivity contribution in [3.63, 3.8) is 0 Å². The highest BCUT2D eigenvalue weighted by Gasteiger charge is 2.21. The number of hydrogen-bond donors (Lipinski definition) is 3. The zero-order valence-electron chi connectivity index (χ0n) is 10.7. The summed E-state index contributed by atoms with van der Waals surface area (Å²) in [6.45, 7) is 0. The highest BCUT2D eigenvalue weighted by molar-refractivity contribution is 7.10. The molecule has 2 aromatic heterocycles. The Balaban J connectivity index is 2.23. The number of carboxylic acid groups (broad SMARTS) is 1. The molecule has 0 bridgehead atoms. The summed E-state index contributed by atoms with van der Waals surface area (Å²) in [5, 5.41) is 16.5. The van der Waals surface area contributed by atoms with Crippen molar-refractivity contribution in [2.75, 3.05) is 12.4 Å². The molecule has 0 saturated carbocycles. The molecule has 2 rings (SSSR count). The number of aromatic nitrogens is 1. The highest BCUT2D eigenvalue weighted by atomic mass is 32.1. The van der Waals surface area contributed by atoms with Crippen LogP contribution in [0, 0.1) is 0 Å². The third-order valence-corrected chi connectivity index (χ3v) is 3.54. The van der Waals surface area contributed by atoms with Gasteiger partial charge in [-0.1, -0.05) is 6.07 Å². The van der Waals surface area contributed by atoms with Gasteiger partial charge in [-0.15, -0.1) is 11.3 Å². The van der Waals surface area contributed by atoms with Gasteiger partial charge in [0.1, 0.15) is 5.69 Å². The van der Waals surface area contributed by atoms with Crippen LogP contribution in [0.4, 0.5) is 5.69 Å². The standard InChI is InChI=1S/C13H13N3O3S/c1-14-12(17)9-7-8(4-5-15-9)16-11(13(18)19)10-3-2-6-20-10/h2-7,11H,1H3,(H,14,17)(H,15,16)(H,18,19). The molecule has 1 unspecified atom stereocenters. The summed E-state index contributed by atoms with van der Waals surface area (Å²) >= 11 is 1.36. The van der Waals surface area contributed by atoms with Crippen LogP contribution in [0.15, 0.2) is 35.8 Å². The second-order valence-corrected chi connectivity index (χ2v) is 4.92. The summed E-state index contributed by atoms with van der Waals surface area (Å²) < 4.78 is 0. The minimum Gasteiger partial charge on any atom is -0.479 e. The zero-order valence-corrected chi connectivity index (χ0v) is 11.5. The summed E-state index contributed by atoms with van der Waals surface area (Å²) in [6, 6.07) is 5.82. The fourth-order valence-corrected chi connectivity index (χ4v) is 2.42. The van der Waals surface area contributed by atoms with Gasteiger partial charge in [-0.25, -0.2) is 4.79 Å². The maximum atomic E-state index is 11.5. The molecule has 0 saturated heterocycles. The van der Waals surface area contributed by atoms with Crippen molar-refractivity contribution in [1.82, 2.24) is 10.3 Å². The van der Waals surface area contributed by atoms with E-state index in [0.29, 0.717) is 10.6 Å². The quantitative estimate of drug-likeness (QED) is 0.780. The Labute approximate surface area is 119 Å². The van der Waals surface area contributed by atoms with Gasteiger partial charge in [0.2, 0.25) is 0 Å². The predicted molar refractivity (Wildman–Crippen MR) is 75.9 cm³/mol. The largest absolute Gasteiger partial charge is 0.479 e. The smallest absolute Gasteiger partial charge is 0.331 e. The second-order valence-electron chi connectivity index (χ2n) is 3.94. The topological polar surface area (TPSA) is 91.3 Å². The van der Waals surface area contributed by atoms with Gasteiger partial charge in [0, 0.05) is 23.8 Å². The molecule has 1 atom stereocenters. The Hall–Kier alpha value is -2.41. The number of thiophene rings is 1. The molecule has 0 spiro atoms. The summed E-state index contributed by atoms with van der Waals surface area (Å²) in [5.74, 6) is -1.30. The van der Waals surface area contributed by atoms with Crippen LogP contribution < -0.4 is 10.6 Å². The average Bonchev–Trinajstić information content (AvgIpc) is 2.97. The number of rotatable bonds is 5. The Morgan fingerprint density at radius 3 is 2.80 bits per heavy atom. The molecule has 1 amide bonds. The fourth-order valence-electron chi connectivity index (χ4n) is 1.65. The van der Waals surface area contributed by atoms with E-state index in [-0.39, 0.29) is 11.6 Å². The number of amides is 1. The molecule has 0 aliphatic heterocycles. The maximum absolute atomic E-state index is 11.5. The molecule has 104 valence electrons. The summed E-state index contributed by atoms with van der Waals surface area (Å²) in [7, 11) is 1.51. The van der Waals surface area contributed by atoms with Gasteiger partial charge in [0.15, 0.2) is 6.04 Å². The third kappa shape index (κ3) is 3.12. The van der Waals surface area contributed by atoms with E-state index >= 15 is 0 Å². The van der Waals surface area contributed by atoms with Gasteiger partial charge in [-0.05, 0) is 23.6 Å². The molecule has 0 aromatic carbocycles. The minimum absolute atomic E-state index is 0.229. The van der Waals surface area contributed by atoms with E-state index in [9.17, 15) is 14.7 Å². The first-order valence-corrected chi connectivity index (χ1v) is 6.70. The first-order chi connectivity index (χ1) is 9.61. The molecule has 7 heteroatoms. The minimum atomic E-state index is -0.981. The summed E-state index contributed by atoms with van der Waals surface area (Å²) in [6.07, 6.45) is 1.46. The van der Waals surface area contributed by atoms with E-state index in [1.54, 1.807) is 18.2 Å². The lowest BCUT2D eigenvalue weighted by Gasteiger charge is -2.14. The lowest BCUT2D eigenvalue weighted by atomic mass is 10.2. The van der Waals surface area contributed by atoms with Gasteiger partial charge < -0.3 is 15.7 Å². The van der Waals surface area contributed by atoms with Gasteiger partial charge in [0.25, 0.3) is 5.91 Å². The Morgan fingerprint density at radius 1 is 1.40 bits per heavy atom. The van der Waals surface area contributed by atoms with Crippen LogP contribution >= 0.6 is 11.3 Å². The number of pyridine rings is 1. The van der Waals surface area contributed by atoms with E-state index in [1.165, 1.54) is 30.6 Å². The number of anilines is 1.